The van der Waals surface area contributed by atoms with E-state index in [-0.39, 0.29) is 0 Å². The van der Waals surface area contributed by atoms with Crippen LogP contribution in [-0.4, -0.2) is 0 Å². The molecule has 0 amide bonds. The Kier molecular flexibility index (Phi) is 5.50. The number of rotatable bonds is 5. The van der Waals surface area contributed by atoms with Gasteiger partial charge >= 0.3 is 0 Å². The molecule has 0 fully saturated rings. The monoisotopic (exact) mass is 372 g/mol. The van der Waals surface area contributed by atoms with Crippen molar-refractivity contribution >= 4 is 29.2 Å². The molecule has 0 heterocycles. The van der Waals surface area contributed by atoms with E-state index in [1.54, 1.807) is 0 Å². The lowest BCUT2D eigenvalue weighted by atomic mass is 10.1. The Hall–Kier alpha value is -4.09. The van der Waals surface area contributed by atoms with Gasteiger partial charge in [0.05, 0.1) is 11.6 Å². The Labute approximate surface area is 171 Å². The topological polar surface area (TPSA) is 27.0 Å². The van der Waals surface area contributed by atoms with Gasteiger partial charge in [-0.3, -0.25) is 0 Å². The molecule has 4 rings (SSSR count). The maximum atomic E-state index is 8.90. The van der Waals surface area contributed by atoms with Crippen LogP contribution in [-0.2, 0) is 0 Å². The molecular weight excluding hydrogens is 352 g/mol. The van der Waals surface area contributed by atoms with E-state index in [9.17, 15) is 0 Å². The van der Waals surface area contributed by atoms with Gasteiger partial charge in [-0.25, -0.2) is 0 Å². The lowest BCUT2D eigenvalue weighted by Crippen LogP contribution is -2.09. The molecule has 0 aliphatic carbocycles. The molecule has 2 heteroatoms. The highest BCUT2D eigenvalue weighted by Gasteiger charge is 2.11. The Morgan fingerprint density at radius 2 is 0.931 bits per heavy atom. The van der Waals surface area contributed by atoms with Crippen LogP contribution in [0.25, 0.3) is 12.2 Å². The average Bonchev–Trinajstić information content (AvgIpc) is 2.80. The van der Waals surface area contributed by atoms with Crippen LogP contribution < -0.4 is 4.90 Å². The van der Waals surface area contributed by atoms with Gasteiger partial charge < -0.3 is 4.90 Å². The van der Waals surface area contributed by atoms with Crippen molar-refractivity contribution in [2.24, 2.45) is 0 Å². The highest BCUT2D eigenvalue weighted by molar-refractivity contribution is 5.78. The zero-order valence-corrected chi connectivity index (χ0v) is 15.9. The van der Waals surface area contributed by atoms with Gasteiger partial charge in [-0.15, -0.1) is 0 Å². The molecular formula is C27H20N2. The molecule has 0 radical (unpaired) electrons. The van der Waals surface area contributed by atoms with Gasteiger partial charge in [-0.05, 0) is 59.7 Å². The minimum Gasteiger partial charge on any atom is -0.311 e. The highest BCUT2D eigenvalue weighted by atomic mass is 15.1. The summed E-state index contributed by atoms with van der Waals surface area (Å²) in [5, 5.41) is 8.90. The van der Waals surface area contributed by atoms with Crippen molar-refractivity contribution < 1.29 is 0 Å². The van der Waals surface area contributed by atoms with E-state index in [1.807, 2.05) is 36.4 Å². The molecule has 0 aromatic heterocycles. The number of nitriles is 1. The third-order valence-corrected chi connectivity index (χ3v) is 4.69. The summed E-state index contributed by atoms with van der Waals surface area (Å²) in [7, 11) is 0. The van der Waals surface area contributed by atoms with Gasteiger partial charge in [-0.2, -0.15) is 5.26 Å². The molecule has 0 saturated heterocycles. The van der Waals surface area contributed by atoms with Crippen LogP contribution in [0, 0.1) is 11.3 Å². The summed E-state index contributed by atoms with van der Waals surface area (Å²) in [6.45, 7) is 0. The molecule has 4 aromatic rings. The second-order valence-corrected chi connectivity index (χ2v) is 6.67. The number of benzene rings is 4. The average molecular weight is 372 g/mol. The number of hydrogen-bond acceptors (Lipinski definition) is 2. The van der Waals surface area contributed by atoms with Crippen molar-refractivity contribution in [2.45, 2.75) is 0 Å². The van der Waals surface area contributed by atoms with Crippen LogP contribution >= 0.6 is 0 Å². The summed E-state index contributed by atoms with van der Waals surface area (Å²) in [4.78, 5) is 2.24. The van der Waals surface area contributed by atoms with Crippen LogP contribution in [0.4, 0.5) is 17.1 Å². The molecule has 0 atom stereocenters. The van der Waals surface area contributed by atoms with Crippen molar-refractivity contribution in [3.8, 4) is 6.07 Å². The fourth-order valence-electron chi connectivity index (χ4n) is 3.20. The third kappa shape index (κ3) is 4.43. The van der Waals surface area contributed by atoms with Crippen LogP contribution in [0.5, 0.6) is 0 Å². The molecule has 138 valence electrons. The van der Waals surface area contributed by atoms with E-state index < -0.39 is 0 Å². The molecule has 0 saturated carbocycles. The van der Waals surface area contributed by atoms with Gasteiger partial charge in [0.2, 0.25) is 0 Å². The zero-order chi connectivity index (χ0) is 19.9. The number of anilines is 3. The smallest absolute Gasteiger partial charge is 0.0991 e. The molecule has 0 aliphatic heterocycles. The van der Waals surface area contributed by atoms with Crippen molar-refractivity contribution in [1.29, 1.82) is 5.26 Å². The molecule has 0 aliphatic rings. The lowest BCUT2D eigenvalue weighted by Gasteiger charge is -2.25. The van der Waals surface area contributed by atoms with Gasteiger partial charge in [0, 0.05) is 17.1 Å². The third-order valence-electron chi connectivity index (χ3n) is 4.69. The van der Waals surface area contributed by atoms with Crippen LogP contribution in [0.15, 0.2) is 109 Å². The first-order valence-corrected chi connectivity index (χ1v) is 9.52. The SMILES string of the molecule is N#Cc1ccc(C=Cc2ccc(N(c3ccccc3)c3ccccc3)cc2)cc1. The standard InChI is InChI=1S/C27H20N2/c28-21-24-15-13-22(14-16-24)11-12-23-17-19-27(20-18-23)29(25-7-3-1-4-8-25)26-9-5-2-6-10-26/h1-20H. The molecule has 0 bridgehead atoms. The Morgan fingerprint density at radius 1 is 0.517 bits per heavy atom. The van der Waals surface area contributed by atoms with E-state index in [1.165, 1.54) is 0 Å². The first kappa shape index (κ1) is 18.3. The number of hydrogen-bond donors (Lipinski definition) is 0. The fourth-order valence-corrected chi connectivity index (χ4v) is 3.20. The quantitative estimate of drug-likeness (QED) is 0.346. The van der Waals surface area contributed by atoms with E-state index in [0.29, 0.717) is 5.56 Å². The Balaban J connectivity index is 1.60. The van der Waals surface area contributed by atoms with Crippen molar-refractivity contribution in [3.63, 3.8) is 0 Å². The zero-order valence-electron chi connectivity index (χ0n) is 15.9. The van der Waals surface area contributed by atoms with Gasteiger partial charge in [-0.1, -0.05) is 72.8 Å². The summed E-state index contributed by atoms with van der Waals surface area (Å²) in [5.41, 5.74) is 6.23. The van der Waals surface area contributed by atoms with Crippen molar-refractivity contribution in [3.05, 3.63) is 126 Å². The Bertz CT molecular complexity index is 1080. The maximum absolute atomic E-state index is 8.90. The largest absolute Gasteiger partial charge is 0.311 e. The summed E-state index contributed by atoms with van der Waals surface area (Å²) in [5.74, 6) is 0. The lowest BCUT2D eigenvalue weighted by molar-refractivity contribution is 1.28. The van der Waals surface area contributed by atoms with Crippen molar-refractivity contribution in [2.75, 3.05) is 4.90 Å². The molecule has 2 nitrogen and oxygen atoms in total. The van der Waals surface area contributed by atoms with E-state index in [2.05, 4.69) is 95.9 Å². The summed E-state index contributed by atoms with van der Waals surface area (Å²) in [6.07, 6.45) is 4.14. The van der Waals surface area contributed by atoms with Crippen molar-refractivity contribution in [1.82, 2.24) is 0 Å². The van der Waals surface area contributed by atoms with Gasteiger partial charge in [0.1, 0.15) is 0 Å². The second-order valence-electron chi connectivity index (χ2n) is 6.67. The predicted molar refractivity (Wildman–Crippen MR) is 121 cm³/mol. The summed E-state index contributed by atoms with van der Waals surface area (Å²) in [6, 6.07) is 39.0. The van der Waals surface area contributed by atoms with Gasteiger partial charge in [0.25, 0.3) is 0 Å². The summed E-state index contributed by atoms with van der Waals surface area (Å²) >= 11 is 0. The van der Waals surface area contributed by atoms with E-state index >= 15 is 0 Å². The fraction of sp³-hybridized carbons (Fsp3) is 0. The van der Waals surface area contributed by atoms with Crippen LogP contribution in [0.2, 0.25) is 0 Å². The highest BCUT2D eigenvalue weighted by Crippen LogP contribution is 2.34. The minimum absolute atomic E-state index is 0.674. The molecule has 4 aromatic carbocycles. The van der Waals surface area contributed by atoms with E-state index in [4.69, 9.17) is 5.26 Å². The maximum Gasteiger partial charge on any atom is 0.0991 e. The first-order valence-electron chi connectivity index (χ1n) is 9.52. The van der Waals surface area contributed by atoms with Gasteiger partial charge in [0.15, 0.2) is 0 Å². The van der Waals surface area contributed by atoms with Crippen LogP contribution in [0.3, 0.4) is 0 Å². The normalized spacial score (nSPS) is 10.6. The number of para-hydroxylation sites is 2. The van der Waals surface area contributed by atoms with E-state index in [0.717, 1.165) is 28.2 Å². The molecule has 0 spiro atoms. The molecule has 0 unspecified atom stereocenters. The minimum atomic E-state index is 0.674. The molecule has 0 N–H and O–H groups in total. The van der Waals surface area contributed by atoms with Crippen LogP contribution in [0.1, 0.15) is 16.7 Å². The first-order chi connectivity index (χ1) is 14.3. The second kappa shape index (κ2) is 8.73. The Morgan fingerprint density at radius 3 is 1.38 bits per heavy atom. The molecule has 29 heavy (non-hydrogen) atoms. The predicted octanol–water partition coefficient (Wildman–Crippen LogP) is 7.20. The number of nitrogens with zero attached hydrogens (tertiary/aromatic N) is 2. The summed E-state index contributed by atoms with van der Waals surface area (Å²) < 4.78 is 0.